The fraction of sp³-hybridized carbons (Fsp3) is 0.273. The third kappa shape index (κ3) is 5.32. The van der Waals surface area contributed by atoms with Crippen LogP contribution in [0.1, 0.15) is 25.0 Å². The number of carbonyl (C=O) groups is 1. The van der Waals surface area contributed by atoms with Gasteiger partial charge in [0, 0.05) is 6.54 Å². The predicted molar refractivity (Wildman–Crippen MR) is 129 cm³/mol. The second-order valence-electron chi connectivity index (χ2n) is 7.17. The lowest BCUT2D eigenvalue weighted by atomic mass is 10.2. The van der Waals surface area contributed by atoms with Crippen LogP contribution >= 0.6 is 43.6 Å². The van der Waals surface area contributed by atoms with Crippen LogP contribution in [0.5, 0.6) is 5.75 Å². The molecule has 29 heavy (non-hydrogen) atoms. The van der Waals surface area contributed by atoms with E-state index < -0.39 is 0 Å². The minimum Gasteiger partial charge on any atom is -0.494 e. The van der Waals surface area contributed by atoms with Crippen molar-refractivity contribution < 1.29 is 9.53 Å². The predicted octanol–water partition coefficient (Wildman–Crippen LogP) is 6.79. The number of hydrogen-bond acceptors (Lipinski definition) is 4. The van der Waals surface area contributed by atoms with Gasteiger partial charge in [0.2, 0.25) is 0 Å². The van der Waals surface area contributed by atoms with E-state index >= 15 is 0 Å². The third-order valence-electron chi connectivity index (χ3n) is 4.22. The number of aliphatic imine (C=N–C) groups is 1. The van der Waals surface area contributed by atoms with E-state index in [0.717, 1.165) is 25.9 Å². The second kappa shape index (κ2) is 9.49. The molecule has 3 rings (SSSR count). The Morgan fingerprint density at radius 2 is 1.79 bits per heavy atom. The number of hydrogen-bond donors (Lipinski definition) is 0. The summed E-state index contributed by atoms with van der Waals surface area (Å²) in [4.78, 5) is 20.3. The molecule has 1 aliphatic rings. The van der Waals surface area contributed by atoms with Crippen molar-refractivity contribution in [3.63, 3.8) is 0 Å². The number of ether oxygens (including phenoxy) is 1. The van der Waals surface area contributed by atoms with Crippen LogP contribution in [0, 0.1) is 12.8 Å². The fourth-order valence-electron chi connectivity index (χ4n) is 2.86. The molecule has 2 aromatic carbocycles. The number of rotatable bonds is 5. The Kier molecular flexibility index (Phi) is 7.24. The van der Waals surface area contributed by atoms with E-state index in [2.05, 4.69) is 45.7 Å². The Labute approximate surface area is 192 Å². The summed E-state index contributed by atoms with van der Waals surface area (Å²) >= 11 is 8.45. The van der Waals surface area contributed by atoms with Crippen molar-refractivity contribution in [1.29, 1.82) is 0 Å². The molecule has 1 fully saturated rings. The molecule has 0 bridgehead atoms. The summed E-state index contributed by atoms with van der Waals surface area (Å²) in [5.74, 6) is 1.05. The molecule has 0 aromatic heterocycles. The SMILES string of the molecule is COc1c(Br)cc(/C=C2/SC(=Nc3ccc(C)cc3)N(CC(C)C)C2=O)cc1Br. The molecule has 0 saturated carbocycles. The molecule has 4 nitrogen and oxygen atoms in total. The van der Waals surface area contributed by atoms with E-state index in [-0.39, 0.29) is 5.91 Å². The number of methoxy groups -OCH3 is 1. The van der Waals surface area contributed by atoms with Gasteiger partial charge in [0.15, 0.2) is 5.17 Å². The zero-order valence-electron chi connectivity index (χ0n) is 16.7. The number of thioether (sulfide) groups is 1. The highest BCUT2D eigenvalue weighted by atomic mass is 79.9. The van der Waals surface area contributed by atoms with Crippen LogP contribution in [0.25, 0.3) is 6.08 Å². The second-order valence-corrected chi connectivity index (χ2v) is 9.89. The van der Waals surface area contributed by atoms with E-state index in [4.69, 9.17) is 9.73 Å². The first-order chi connectivity index (χ1) is 13.8. The summed E-state index contributed by atoms with van der Waals surface area (Å²) in [6.07, 6.45) is 1.90. The molecule has 0 radical (unpaired) electrons. The van der Waals surface area contributed by atoms with Crippen molar-refractivity contribution in [2.24, 2.45) is 10.9 Å². The summed E-state index contributed by atoms with van der Waals surface area (Å²) in [5, 5.41) is 0.713. The molecule has 0 spiro atoms. The topological polar surface area (TPSA) is 41.9 Å². The maximum Gasteiger partial charge on any atom is 0.266 e. The Hall–Kier alpha value is -1.57. The smallest absolute Gasteiger partial charge is 0.266 e. The maximum atomic E-state index is 13.1. The monoisotopic (exact) mass is 536 g/mol. The van der Waals surface area contributed by atoms with Gasteiger partial charge in [-0.1, -0.05) is 31.5 Å². The largest absolute Gasteiger partial charge is 0.494 e. The van der Waals surface area contributed by atoms with Crippen LogP contribution in [0.2, 0.25) is 0 Å². The highest BCUT2D eigenvalue weighted by Crippen LogP contribution is 2.38. The first kappa shape index (κ1) is 22.1. The molecule has 1 saturated heterocycles. The summed E-state index contributed by atoms with van der Waals surface area (Å²) in [5.41, 5.74) is 2.93. The zero-order valence-corrected chi connectivity index (χ0v) is 20.7. The maximum absolute atomic E-state index is 13.1. The molecule has 0 atom stereocenters. The van der Waals surface area contributed by atoms with Crippen LogP contribution in [0.3, 0.4) is 0 Å². The number of amidine groups is 1. The van der Waals surface area contributed by atoms with Gasteiger partial charge in [-0.05, 0) is 92.4 Å². The van der Waals surface area contributed by atoms with Crippen molar-refractivity contribution in [2.75, 3.05) is 13.7 Å². The van der Waals surface area contributed by atoms with Gasteiger partial charge >= 0.3 is 0 Å². The Morgan fingerprint density at radius 3 is 2.34 bits per heavy atom. The minimum absolute atomic E-state index is 0.0161. The number of halogens is 2. The Bertz CT molecular complexity index is 962. The third-order valence-corrected chi connectivity index (χ3v) is 6.40. The van der Waals surface area contributed by atoms with Crippen molar-refractivity contribution in [1.82, 2.24) is 4.90 Å². The number of benzene rings is 2. The highest BCUT2D eigenvalue weighted by molar-refractivity contribution is 9.11. The highest BCUT2D eigenvalue weighted by Gasteiger charge is 2.33. The van der Waals surface area contributed by atoms with Gasteiger partial charge < -0.3 is 4.74 Å². The van der Waals surface area contributed by atoms with Gasteiger partial charge in [-0.3, -0.25) is 9.69 Å². The molecular formula is C22H22Br2N2O2S. The molecule has 0 unspecified atom stereocenters. The average Bonchev–Trinajstić information content (AvgIpc) is 2.92. The summed E-state index contributed by atoms with van der Waals surface area (Å²) in [6.45, 7) is 6.87. The number of carbonyl (C=O) groups excluding carboxylic acids is 1. The minimum atomic E-state index is -0.0161. The first-order valence-electron chi connectivity index (χ1n) is 9.18. The van der Waals surface area contributed by atoms with E-state index in [1.165, 1.54) is 17.3 Å². The van der Waals surface area contributed by atoms with E-state index in [9.17, 15) is 4.79 Å². The summed E-state index contributed by atoms with van der Waals surface area (Å²) in [7, 11) is 1.62. The van der Waals surface area contributed by atoms with Crippen molar-refractivity contribution in [3.05, 3.63) is 61.4 Å². The Balaban J connectivity index is 1.97. The lowest BCUT2D eigenvalue weighted by molar-refractivity contribution is -0.122. The molecule has 0 N–H and O–H groups in total. The summed E-state index contributed by atoms with van der Waals surface area (Å²) < 4.78 is 7.01. The fourth-order valence-corrected chi connectivity index (χ4v) is 5.41. The lowest BCUT2D eigenvalue weighted by Gasteiger charge is -2.17. The number of aryl methyl sites for hydroxylation is 1. The zero-order chi connectivity index (χ0) is 21.1. The number of nitrogens with zero attached hydrogens (tertiary/aromatic N) is 2. The molecule has 7 heteroatoms. The molecule has 152 valence electrons. The van der Waals surface area contributed by atoms with Crippen molar-refractivity contribution >= 4 is 66.5 Å². The van der Waals surface area contributed by atoms with E-state index in [0.29, 0.717) is 22.5 Å². The van der Waals surface area contributed by atoms with Gasteiger partial charge in [0.25, 0.3) is 5.91 Å². The van der Waals surface area contributed by atoms with E-state index in [1.54, 1.807) is 12.0 Å². The van der Waals surface area contributed by atoms with E-state index in [1.807, 2.05) is 49.4 Å². The molecule has 1 heterocycles. The summed E-state index contributed by atoms with van der Waals surface area (Å²) in [6, 6.07) is 11.9. The lowest BCUT2D eigenvalue weighted by Crippen LogP contribution is -2.32. The molecule has 1 amide bonds. The van der Waals surface area contributed by atoms with Crippen LogP contribution in [-0.2, 0) is 4.79 Å². The van der Waals surface area contributed by atoms with Crippen molar-refractivity contribution in [2.45, 2.75) is 20.8 Å². The quantitative estimate of drug-likeness (QED) is 0.394. The van der Waals surface area contributed by atoms with Gasteiger partial charge in [0.1, 0.15) is 5.75 Å². The molecule has 0 aliphatic carbocycles. The van der Waals surface area contributed by atoms with Crippen molar-refractivity contribution in [3.8, 4) is 5.75 Å². The number of amides is 1. The van der Waals surface area contributed by atoms with Crippen LogP contribution in [0.4, 0.5) is 5.69 Å². The van der Waals surface area contributed by atoms with Gasteiger partial charge in [-0.2, -0.15) is 0 Å². The standard InChI is InChI=1S/C22H22Br2N2O2S/c1-13(2)12-26-21(27)19(11-15-9-17(23)20(28-4)18(24)10-15)29-22(26)25-16-7-5-14(3)6-8-16/h5-11,13H,12H2,1-4H3/b19-11+,25-22?. The normalized spacial score (nSPS) is 17.1. The first-order valence-corrected chi connectivity index (χ1v) is 11.6. The van der Waals surface area contributed by atoms with Crippen LogP contribution < -0.4 is 4.74 Å². The van der Waals surface area contributed by atoms with Gasteiger partial charge in [-0.15, -0.1) is 0 Å². The molecule has 2 aromatic rings. The van der Waals surface area contributed by atoms with Crippen LogP contribution in [-0.4, -0.2) is 29.6 Å². The van der Waals surface area contributed by atoms with Gasteiger partial charge in [0.05, 0.1) is 26.6 Å². The molecular weight excluding hydrogens is 516 g/mol. The average molecular weight is 538 g/mol. The Morgan fingerprint density at radius 1 is 1.17 bits per heavy atom. The van der Waals surface area contributed by atoms with Crippen LogP contribution in [0.15, 0.2) is 55.2 Å². The van der Waals surface area contributed by atoms with Gasteiger partial charge in [-0.25, -0.2) is 4.99 Å². The molecule has 1 aliphatic heterocycles.